The Morgan fingerprint density at radius 1 is 1.06 bits per heavy atom. The first kappa shape index (κ1) is 23.3. The molecule has 1 fully saturated rings. The number of piperazine rings is 1. The van der Waals surface area contributed by atoms with Gasteiger partial charge in [-0.3, -0.25) is 4.72 Å². The summed E-state index contributed by atoms with van der Waals surface area (Å²) in [5.41, 5.74) is 0.151. The quantitative estimate of drug-likeness (QED) is 0.668. The lowest BCUT2D eigenvalue weighted by Gasteiger charge is -2.36. The molecular weight excluding hydrogens is 448 g/mol. The molecule has 0 saturated carbocycles. The van der Waals surface area contributed by atoms with Crippen LogP contribution in [0.5, 0.6) is 0 Å². The maximum Gasteiger partial charge on any atom is 0.409 e. The molecule has 12 heteroatoms. The van der Waals surface area contributed by atoms with E-state index in [2.05, 4.69) is 4.72 Å². The molecule has 0 radical (unpaired) electrons. The fraction of sp³-hybridized carbons (Fsp3) is 0.300. The van der Waals surface area contributed by atoms with Crippen LogP contribution >= 0.6 is 0 Å². The molecule has 1 aliphatic rings. The van der Waals surface area contributed by atoms with Crippen molar-refractivity contribution in [1.82, 2.24) is 4.90 Å². The average Bonchev–Trinajstić information content (AvgIpc) is 2.75. The van der Waals surface area contributed by atoms with E-state index in [1.807, 2.05) is 0 Å². The standard InChI is InChI=1S/C20H21F2N3O6S/c1-2-31-20(28)25-9-7-24(8-10-25)18-6-3-13(11-15(18)19(26)27)23-32(29,30)14-4-5-16(21)17(22)12-14/h3-6,11-12,23H,2,7-10H2,1H3,(H,26,27). The highest BCUT2D eigenvalue weighted by Crippen LogP contribution is 2.27. The van der Waals surface area contributed by atoms with E-state index in [1.54, 1.807) is 11.8 Å². The molecule has 0 bridgehead atoms. The Bertz CT molecular complexity index is 1130. The maximum absolute atomic E-state index is 13.4. The van der Waals surface area contributed by atoms with E-state index in [0.29, 0.717) is 44.0 Å². The van der Waals surface area contributed by atoms with Gasteiger partial charge in [-0.05, 0) is 43.3 Å². The van der Waals surface area contributed by atoms with Crippen LogP contribution in [-0.2, 0) is 14.8 Å². The zero-order valence-corrected chi connectivity index (χ0v) is 17.9. The number of sulfonamides is 1. The lowest BCUT2D eigenvalue weighted by Crippen LogP contribution is -2.49. The number of benzene rings is 2. The van der Waals surface area contributed by atoms with Crippen LogP contribution in [0.4, 0.5) is 25.0 Å². The molecule has 2 N–H and O–H groups in total. The van der Waals surface area contributed by atoms with E-state index in [9.17, 15) is 31.9 Å². The van der Waals surface area contributed by atoms with Crippen LogP contribution in [0.15, 0.2) is 41.3 Å². The molecule has 0 aromatic heterocycles. The van der Waals surface area contributed by atoms with Crippen LogP contribution < -0.4 is 9.62 Å². The molecule has 0 atom stereocenters. The van der Waals surface area contributed by atoms with E-state index in [4.69, 9.17) is 4.74 Å². The predicted molar refractivity (Wildman–Crippen MR) is 111 cm³/mol. The van der Waals surface area contributed by atoms with Crippen molar-refractivity contribution in [2.75, 3.05) is 42.4 Å². The molecule has 2 aromatic rings. The van der Waals surface area contributed by atoms with Gasteiger partial charge in [0.05, 0.1) is 22.8 Å². The summed E-state index contributed by atoms with van der Waals surface area (Å²) in [5.74, 6) is -3.79. The van der Waals surface area contributed by atoms with Gasteiger partial charge >= 0.3 is 12.1 Å². The summed E-state index contributed by atoms with van der Waals surface area (Å²) in [7, 11) is -4.28. The summed E-state index contributed by atoms with van der Waals surface area (Å²) in [5, 5.41) is 9.63. The van der Waals surface area contributed by atoms with Crippen molar-refractivity contribution in [1.29, 1.82) is 0 Å². The molecule has 1 aliphatic heterocycles. The molecule has 9 nitrogen and oxygen atoms in total. The van der Waals surface area contributed by atoms with Crippen molar-refractivity contribution < 1.29 is 36.6 Å². The van der Waals surface area contributed by atoms with Gasteiger partial charge in [-0.1, -0.05) is 0 Å². The highest BCUT2D eigenvalue weighted by Gasteiger charge is 2.25. The fourth-order valence-electron chi connectivity index (χ4n) is 3.25. The number of rotatable bonds is 6. The molecule has 0 aliphatic carbocycles. The third-order valence-electron chi connectivity index (χ3n) is 4.83. The SMILES string of the molecule is CCOC(=O)N1CCN(c2ccc(NS(=O)(=O)c3ccc(F)c(F)c3)cc2C(=O)O)CC1. The van der Waals surface area contributed by atoms with Gasteiger partial charge in [0.25, 0.3) is 10.0 Å². The third-order valence-corrected chi connectivity index (χ3v) is 6.21. The van der Waals surface area contributed by atoms with Crippen molar-refractivity contribution in [3.05, 3.63) is 53.6 Å². The Hall–Kier alpha value is -3.41. The van der Waals surface area contributed by atoms with Gasteiger partial charge in [0, 0.05) is 31.9 Å². The van der Waals surface area contributed by atoms with E-state index in [-0.39, 0.29) is 17.9 Å². The van der Waals surface area contributed by atoms with E-state index in [0.717, 1.165) is 12.1 Å². The minimum Gasteiger partial charge on any atom is -0.478 e. The van der Waals surface area contributed by atoms with Gasteiger partial charge in [0.2, 0.25) is 0 Å². The maximum atomic E-state index is 13.4. The van der Waals surface area contributed by atoms with Crippen LogP contribution in [-0.4, -0.2) is 63.3 Å². The molecule has 0 spiro atoms. The van der Waals surface area contributed by atoms with E-state index < -0.39 is 38.6 Å². The monoisotopic (exact) mass is 469 g/mol. The van der Waals surface area contributed by atoms with E-state index >= 15 is 0 Å². The minimum atomic E-state index is -4.28. The van der Waals surface area contributed by atoms with Gasteiger partial charge in [-0.25, -0.2) is 26.8 Å². The van der Waals surface area contributed by atoms with Crippen molar-refractivity contribution in [3.63, 3.8) is 0 Å². The third kappa shape index (κ3) is 5.07. The Labute approximate surface area is 183 Å². The Balaban J connectivity index is 1.80. The second-order valence-electron chi connectivity index (χ2n) is 6.89. The number of amides is 1. The molecule has 1 amide bonds. The number of carboxylic acid groups (broad SMARTS) is 1. The summed E-state index contributed by atoms with van der Waals surface area (Å²) < 4.78 is 58.6. The zero-order chi connectivity index (χ0) is 23.5. The van der Waals surface area contributed by atoms with Gasteiger partial charge in [0.1, 0.15) is 0 Å². The average molecular weight is 469 g/mol. The van der Waals surface area contributed by atoms with Crippen LogP contribution in [0, 0.1) is 11.6 Å². The Kier molecular flexibility index (Phi) is 6.82. The normalized spacial score (nSPS) is 14.2. The Morgan fingerprint density at radius 2 is 1.75 bits per heavy atom. The van der Waals surface area contributed by atoms with Crippen LogP contribution in [0.25, 0.3) is 0 Å². The molecule has 0 unspecified atom stereocenters. The first-order valence-corrected chi connectivity index (χ1v) is 11.1. The van der Waals surface area contributed by atoms with Gasteiger partial charge in [-0.15, -0.1) is 0 Å². The van der Waals surface area contributed by atoms with Crippen molar-refractivity contribution in [2.45, 2.75) is 11.8 Å². The number of hydrogen-bond acceptors (Lipinski definition) is 6. The molecule has 2 aromatic carbocycles. The van der Waals surface area contributed by atoms with Gasteiger partial charge in [-0.2, -0.15) is 0 Å². The summed E-state index contributed by atoms with van der Waals surface area (Å²) in [6.45, 7) is 3.35. The van der Waals surface area contributed by atoms with Crippen LogP contribution in [0.3, 0.4) is 0 Å². The van der Waals surface area contributed by atoms with Gasteiger partial charge in [0.15, 0.2) is 11.6 Å². The predicted octanol–water partition coefficient (Wildman–Crippen LogP) is 2.74. The number of aromatic carboxylic acids is 1. The number of anilines is 2. The van der Waals surface area contributed by atoms with Crippen molar-refractivity contribution >= 4 is 33.5 Å². The van der Waals surface area contributed by atoms with Crippen LogP contribution in [0.1, 0.15) is 17.3 Å². The second kappa shape index (κ2) is 9.39. The number of carboxylic acids is 1. The highest BCUT2D eigenvalue weighted by atomic mass is 32.2. The number of nitrogens with one attached hydrogen (secondary N) is 1. The largest absolute Gasteiger partial charge is 0.478 e. The molecule has 1 saturated heterocycles. The van der Waals surface area contributed by atoms with Crippen molar-refractivity contribution in [3.8, 4) is 0 Å². The zero-order valence-electron chi connectivity index (χ0n) is 17.0. The number of halogens is 2. The fourth-order valence-corrected chi connectivity index (χ4v) is 4.31. The second-order valence-corrected chi connectivity index (χ2v) is 8.57. The molecule has 3 rings (SSSR count). The van der Waals surface area contributed by atoms with E-state index in [1.165, 1.54) is 17.0 Å². The van der Waals surface area contributed by atoms with Crippen LogP contribution in [0.2, 0.25) is 0 Å². The summed E-state index contributed by atoms with van der Waals surface area (Å²) in [6, 6.07) is 6.09. The summed E-state index contributed by atoms with van der Waals surface area (Å²) in [6.07, 6.45) is -0.437. The first-order valence-electron chi connectivity index (χ1n) is 9.64. The molecule has 32 heavy (non-hydrogen) atoms. The van der Waals surface area contributed by atoms with Crippen molar-refractivity contribution in [2.24, 2.45) is 0 Å². The topological polar surface area (TPSA) is 116 Å². The summed E-state index contributed by atoms with van der Waals surface area (Å²) in [4.78, 5) is 26.4. The minimum absolute atomic E-state index is 0.0546. The number of nitrogens with zero attached hydrogens (tertiary/aromatic N) is 2. The highest BCUT2D eigenvalue weighted by molar-refractivity contribution is 7.92. The molecular formula is C20H21F2N3O6S. The smallest absolute Gasteiger partial charge is 0.409 e. The lowest BCUT2D eigenvalue weighted by atomic mass is 10.1. The molecule has 172 valence electrons. The summed E-state index contributed by atoms with van der Waals surface area (Å²) >= 11 is 0. The number of ether oxygens (including phenoxy) is 1. The number of carbonyl (C=O) groups is 2. The molecule has 1 heterocycles. The number of carbonyl (C=O) groups excluding carboxylic acids is 1. The Morgan fingerprint density at radius 3 is 2.34 bits per heavy atom. The van der Waals surface area contributed by atoms with Gasteiger partial charge < -0.3 is 19.6 Å². The lowest BCUT2D eigenvalue weighted by molar-refractivity contribution is 0.0696. The number of hydrogen-bond donors (Lipinski definition) is 2. The first-order chi connectivity index (χ1) is 15.1.